The Morgan fingerprint density at radius 1 is 0.889 bits per heavy atom. The Balaban J connectivity index is 2.11. The Bertz CT molecular complexity index is 1530. The second-order valence-corrected chi connectivity index (χ2v) is 12.6. The molecule has 244 valence electrons. The van der Waals surface area contributed by atoms with Crippen LogP contribution in [0.5, 0.6) is 17.2 Å². The molecule has 0 radical (unpaired) electrons. The second kappa shape index (κ2) is 16.4. The largest absolute Gasteiger partial charge is 0.494 e. The summed E-state index contributed by atoms with van der Waals surface area (Å²) in [6, 6.07) is 16.6. The van der Waals surface area contributed by atoms with E-state index >= 15 is 0 Å². The van der Waals surface area contributed by atoms with Crippen molar-refractivity contribution >= 4 is 39.1 Å². The Hall–Kier alpha value is -3.96. The van der Waals surface area contributed by atoms with Gasteiger partial charge in [0.25, 0.3) is 10.0 Å². The highest BCUT2D eigenvalue weighted by molar-refractivity contribution is 7.92. The molecule has 0 heterocycles. The standard InChI is InChI=1S/C33H42ClN3O7S/c1-7-23(4)35-33(39)29(8-2)36(21-24-10-12-25(34)13-11-24)32(38)22-37(26-14-16-27(17-15-26)44-9-3)45(40,41)28-18-19-30(42-5)31(20-28)43-6/h10-20,23,29H,7-9,21-22H2,1-6H3,(H,35,39)/t23-,29+/m0/s1. The number of hydrogen-bond acceptors (Lipinski definition) is 7. The lowest BCUT2D eigenvalue weighted by atomic mass is 10.1. The molecule has 3 aromatic rings. The quantitative estimate of drug-likeness (QED) is 0.211. The molecule has 2 atom stereocenters. The molecule has 12 heteroatoms. The first-order valence-corrected chi connectivity index (χ1v) is 16.6. The third kappa shape index (κ3) is 9.04. The van der Waals surface area contributed by atoms with Crippen molar-refractivity contribution in [2.75, 3.05) is 31.7 Å². The monoisotopic (exact) mass is 659 g/mol. The molecular weight excluding hydrogens is 618 g/mol. The highest BCUT2D eigenvalue weighted by atomic mass is 35.5. The predicted octanol–water partition coefficient (Wildman–Crippen LogP) is 5.67. The van der Waals surface area contributed by atoms with Crippen molar-refractivity contribution in [1.82, 2.24) is 10.2 Å². The first kappa shape index (κ1) is 35.5. The van der Waals surface area contributed by atoms with E-state index in [-0.39, 0.29) is 34.8 Å². The smallest absolute Gasteiger partial charge is 0.264 e. The Morgan fingerprint density at radius 2 is 1.53 bits per heavy atom. The molecule has 45 heavy (non-hydrogen) atoms. The number of nitrogens with zero attached hydrogens (tertiary/aromatic N) is 2. The van der Waals surface area contributed by atoms with Crippen LogP contribution in [0.4, 0.5) is 5.69 Å². The highest BCUT2D eigenvalue weighted by Crippen LogP contribution is 2.33. The van der Waals surface area contributed by atoms with Crippen LogP contribution in [0.2, 0.25) is 5.02 Å². The van der Waals surface area contributed by atoms with Crippen LogP contribution >= 0.6 is 11.6 Å². The summed E-state index contributed by atoms with van der Waals surface area (Å²) in [4.78, 5) is 29.0. The van der Waals surface area contributed by atoms with Crippen LogP contribution in [0.1, 0.15) is 46.1 Å². The number of amides is 2. The molecule has 0 spiro atoms. The molecule has 0 saturated heterocycles. The van der Waals surface area contributed by atoms with Crippen LogP contribution in [0.3, 0.4) is 0 Å². The zero-order valence-corrected chi connectivity index (χ0v) is 28.2. The maximum absolute atomic E-state index is 14.3. The van der Waals surface area contributed by atoms with Gasteiger partial charge in [-0.05, 0) is 80.8 Å². The summed E-state index contributed by atoms with van der Waals surface area (Å²) < 4.78 is 45.7. The van der Waals surface area contributed by atoms with Gasteiger partial charge in [0.1, 0.15) is 18.3 Å². The summed E-state index contributed by atoms with van der Waals surface area (Å²) in [5.41, 5.74) is 0.975. The average molecular weight is 660 g/mol. The van der Waals surface area contributed by atoms with Crippen molar-refractivity contribution < 1.29 is 32.2 Å². The summed E-state index contributed by atoms with van der Waals surface area (Å²) in [5, 5.41) is 3.50. The predicted molar refractivity (Wildman–Crippen MR) is 176 cm³/mol. The average Bonchev–Trinajstić information content (AvgIpc) is 3.04. The fourth-order valence-corrected chi connectivity index (χ4v) is 6.21. The number of halogens is 1. The number of carbonyl (C=O) groups excluding carboxylic acids is 2. The number of ether oxygens (including phenoxy) is 3. The molecule has 10 nitrogen and oxygen atoms in total. The van der Waals surface area contributed by atoms with Gasteiger partial charge in [-0.1, -0.05) is 37.6 Å². The Labute approximate surface area is 271 Å². The number of methoxy groups -OCH3 is 2. The van der Waals surface area contributed by atoms with Gasteiger partial charge < -0.3 is 24.4 Å². The van der Waals surface area contributed by atoms with Gasteiger partial charge >= 0.3 is 0 Å². The summed E-state index contributed by atoms with van der Waals surface area (Å²) in [7, 11) is -1.47. The van der Waals surface area contributed by atoms with E-state index in [4.69, 9.17) is 25.8 Å². The fourth-order valence-electron chi connectivity index (χ4n) is 4.66. The van der Waals surface area contributed by atoms with Crippen LogP contribution in [0, 0.1) is 0 Å². The van der Waals surface area contributed by atoms with Crippen molar-refractivity contribution in [1.29, 1.82) is 0 Å². The van der Waals surface area contributed by atoms with Gasteiger partial charge in [0.15, 0.2) is 11.5 Å². The molecule has 2 amide bonds. The van der Waals surface area contributed by atoms with Crippen LogP contribution in [0.25, 0.3) is 0 Å². The van der Waals surface area contributed by atoms with E-state index in [1.165, 1.54) is 37.3 Å². The number of sulfonamides is 1. The van der Waals surface area contributed by atoms with Crippen molar-refractivity contribution in [2.24, 2.45) is 0 Å². The topological polar surface area (TPSA) is 114 Å². The summed E-state index contributed by atoms with van der Waals surface area (Å²) >= 11 is 6.10. The van der Waals surface area contributed by atoms with E-state index in [0.717, 1.165) is 9.87 Å². The lowest BCUT2D eigenvalue weighted by Gasteiger charge is -2.33. The zero-order valence-electron chi connectivity index (χ0n) is 26.6. The molecule has 0 bridgehead atoms. The van der Waals surface area contributed by atoms with Gasteiger partial charge in [-0.3, -0.25) is 13.9 Å². The van der Waals surface area contributed by atoms with Gasteiger partial charge in [0.05, 0.1) is 31.4 Å². The third-order valence-electron chi connectivity index (χ3n) is 7.31. The number of benzene rings is 3. The Morgan fingerprint density at radius 3 is 2.09 bits per heavy atom. The summed E-state index contributed by atoms with van der Waals surface area (Å²) in [6.07, 6.45) is 1.02. The molecule has 0 aliphatic carbocycles. The summed E-state index contributed by atoms with van der Waals surface area (Å²) in [5.74, 6) is 0.243. The zero-order chi connectivity index (χ0) is 33.1. The number of rotatable bonds is 16. The van der Waals surface area contributed by atoms with E-state index < -0.39 is 28.5 Å². The van der Waals surface area contributed by atoms with Crippen molar-refractivity contribution in [3.63, 3.8) is 0 Å². The molecule has 3 rings (SSSR count). The molecule has 0 aliphatic heterocycles. The van der Waals surface area contributed by atoms with Crippen molar-refractivity contribution in [3.05, 3.63) is 77.3 Å². The van der Waals surface area contributed by atoms with E-state index in [0.29, 0.717) is 36.0 Å². The minimum Gasteiger partial charge on any atom is -0.494 e. The molecule has 0 saturated carbocycles. The number of nitrogens with one attached hydrogen (secondary N) is 1. The van der Waals surface area contributed by atoms with Crippen LogP contribution in [-0.4, -0.2) is 64.6 Å². The lowest BCUT2D eigenvalue weighted by Crippen LogP contribution is -2.53. The van der Waals surface area contributed by atoms with Crippen molar-refractivity contribution in [2.45, 2.75) is 64.1 Å². The van der Waals surface area contributed by atoms with Gasteiger partial charge in [-0.2, -0.15) is 0 Å². The molecular formula is C33H42ClN3O7S. The minimum atomic E-state index is -4.33. The molecule has 3 aromatic carbocycles. The minimum absolute atomic E-state index is 0.0654. The third-order valence-corrected chi connectivity index (χ3v) is 9.33. The van der Waals surface area contributed by atoms with E-state index in [2.05, 4.69) is 5.32 Å². The Kier molecular flexibility index (Phi) is 12.9. The summed E-state index contributed by atoms with van der Waals surface area (Å²) in [6.45, 7) is 7.42. The van der Waals surface area contributed by atoms with E-state index in [1.807, 2.05) is 27.7 Å². The molecule has 0 aliphatic rings. The van der Waals surface area contributed by atoms with E-state index in [9.17, 15) is 18.0 Å². The first-order chi connectivity index (χ1) is 21.5. The lowest BCUT2D eigenvalue weighted by molar-refractivity contribution is -0.140. The van der Waals surface area contributed by atoms with Crippen LogP contribution in [-0.2, 0) is 26.2 Å². The van der Waals surface area contributed by atoms with Crippen molar-refractivity contribution in [3.8, 4) is 17.2 Å². The van der Waals surface area contributed by atoms with Gasteiger partial charge in [-0.15, -0.1) is 0 Å². The second-order valence-electron chi connectivity index (χ2n) is 10.3. The number of hydrogen-bond donors (Lipinski definition) is 1. The number of carbonyl (C=O) groups is 2. The van der Waals surface area contributed by atoms with Crippen LogP contribution < -0.4 is 23.8 Å². The molecule has 1 N–H and O–H groups in total. The molecule has 0 fully saturated rings. The normalized spacial score (nSPS) is 12.5. The highest BCUT2D eigenvalue weighted by Gasteiger charge is 2.34. The van der Waals surface area contributed by atoms with Gasteiger partial charge in [0, 0.05) is 23.7 Å². The van der Waals surface area contributed by atoms with Gasteiger partial charge in [-0.25, -0.2) is 8.42 Å². The van der Waals surface area contributed by atoms with E-state index in [1.54, 1.807) is 48.5 Å². The first-order valence-electron chi connectivity index (χ1n) is 14.8. The maximum atomic E-state index is 14.3. The number of anilines is 1. The fraction of sp³-hybridized carbons (Fsp3) is 0.394. The SMILES string of the molecule is CCOc1ccc(N(CC(=O)N(Cc2ccc(Cl)cc2)[C@H](CC)C(=O)N[C@@H](C)CC)S(=O)(=O)c2ccc(OC)c(OC)c2)cc1. The molecule has 0 unspecified atom stereocenters. The molecule has 0 aromatic heterocycles. The maximum Gasteiger partial charge on any atom is 0.264 e. The van der Waals surface area contributed by atoms with Gasteiger partial charge in [0.2, 0.25) is 11.8 Å². The van der Waals surface area contributed by atoms with Crippen LogP contribution in [0.15, 0.2) is 71.6 Å².